The van der Waals surface area contributed by atoms with Crippen LogP contribution in [0, 0.1) is 5.41 Å². The van der Waals surface area contributed by atoms with E-state index in [0.717, 1.165) is 0 Å². The minimum Gasteiger partial charge on any atom is -0.390 e. The number of carbonyl (C=O) groups is 2. The highest BCUT2D eigenvalue weighted by atomic mass is 35.5. The number of amides is 2. The lowest BCUT2D eigenvalue weighted by Gasteiger charge is -2.31. The molecule has 160 valence electrons. The van der Waals surface area contributed by atoms with Crippen LogP contribution < -0.4 is 5.32 Å². The van der Waals surface area contributed by atoms with E-state index in [4.69, 9.17) is 27.9 Å². The van der Waals surface area contributed by atoms with Crippen molar-refractivity contribution in [2.24, 2.45) is 5.41 Å². The number of hydrogen-bond donors (Lipinski definition) is 3. The Hall–Kier alpha value is -2.16. The first kappa shape index (κ1) is 22.5. The fourth-order valence-electron chi connectivity index (χ4n) is 3.31. The number of benzene rings is 2. The number of aliphatic hydroxyl groups excluding tert-OH is 1. The number of aliphatic hydroxyl groups is 1. The number of nitrogens with one attached hydrogen (secondary N) is 1. The summed E-state index contributed by atoms with van der Waals surface area (Å²) in [6.45, 7) is 1.74. The van der Waals surface area contributed by atoms with Gasteiger partial charge in [-0.3, -0.25) is 14.8 Å². The zero-order valence-electron chi connectivity index (χ0n) is 16.2. The van der Waals surface area contributed by atoms with Crippen molar-refractivity contribution in [1.29, 1.82) is 0 Å². The Morgan fingerprint density at radius 3 is 2.53 bits per heavy atom. The van der Waals surface area contributed by atoms with Crippen LogP contribution in [0.15, 0.2) is 48.5 Å². The molecule has 0 unspecified atom stereocenters. The van der Waals surface area contributed by atoms with Crippen LogP contribution in [-0.4, -0.2) is 59.1 Å². The molecule has 0 saturated carbocycles. The standard InChI is InChI=1S/C21H22Cl2N2O5/c1-21(11-25(29)20(28)13-5-3-2-4-6-13)12-30-17(18(21)26)10-24-19(27)14-7-8-15(22)16(23)9-14/h2-9,17-18,26,29H,10-12H2,1H3,(H,24,27)/t17-,18-,21-/m1/s1. The molecule has 1 saturated heterocycles. The molecule has 30 heavy (non-hydrogen) atoms. The molecule has 0 radical (unpaired) electrons. The minimum absolute atomic E-state index is 0.0495. The molecule has 0 aromatic heterocycles. The van der Waals surface area contributed by atoms with E-state index in [1.807, 2.05) is 0 Å². The van der Waals surface area contributed by atoms with E-state index < -0.39 is 23.5 Å². The Bertz CT molecular complexity index is 927. The van der Waals surface area contributed by atoms with Crippen molar-refractivity contribution in [3.8, 4) is 0 Å². The second-order valence-corrected chi connectivity index (χ2v) is 8.33. The molecule has 3 atom stereocenters. The van der Waals surface area contributed by atoms with E-state index in [0.29, 0.717) is 21.2 Å². The average Bonchev–Trinajstić information content (AvgIpc) is 3.02. The normalized spacial score (nSPS) is 23.2. The average molecular weight is 453 g/mol. The molecule has 2 amide bonds. The second-order valence-electron chi connectivity index (χ2n) is 7.52. The molecule has 0 spiro atoms. The number of carbonyl (C=O) groups excluding carboxylic acids is 2. The largest absolute Gasteiger partial charge is 0.390 e. The van der Waals surface area contributed by atoms with Crippen LogP contribution >= 0.6 is 23.2 Å². The summed E-state index contributed by atoms with van der Waals surface area (Å²) in [4.78, 5) is 24.7. The van der Waals surface area contributed by atoms with Gasteiger partial charge in [0.25, 0.3) is 11.8 Å². The van der Waals surface area contributed by atoms with Gasteiger partial charge >= 0.3 is 0 Å². The highest BCUT2D eigenvalue weighted by molar-refractivity contribution is 6.42. The molecule has 2 aromatic rings. The first-order valence-corrected chi connectivity index (χ1v) is 10.1. The summed E-state index contributed by atoms with van der Waals surface area (Å²) in [6, 6.07) is 12.9. The fraction of sp³-hybridized carbons (Fsp3) is 0.333. The number of halogens is 2. The van der Waals surface area contributed by atoms with Gasteiger partial charge < -0.3 is 15.2 Å². The van der Waals surface area contributed by atoms with Crippen LogP contribution in [0.2, 0.25) is 10.0 Å². The van der Waals surface area contributed by atoms with E-state index in [2.05, 4.69) is 5.32 Å². The molecule has 7 nitrogen and oxygen atoms in total. The van der Waals surface area contributed by atoms with E-state index in [-0.39, 0.29) is 30.6 Å². The van der Waals surface area contributed by atoms with Crippen molar-refractivity contribution in [2.75, 3.05) is 19.7 Å². The smallest absolute Gasteiger partial charge is 0.277 e. The monoisotopic (exact) mass is 452 g/mol. The zero-order chi connectivity index (χ0) is 21.9. The van der Waals surface area contributed by atoms with Crippen LogP contribution in [0.4, 0.5) is 0 Å². The third-order valence-electron chi connectivity index (χ3n) is 5.11. The van der Waals surface area contributed by atoms with Crippen LogP contribution in [0.25, 0.3) is 0 Å². The van der Waals surface area contributed by atoms with Crippen molar-refractivity contribution in [3.63, 3.8) is 0 Å². The summed E-state index contributed by atoms with van der Waals surface area (Å²) in [5.74, 6) is -0.957. The third-order valence-corrected chi connectivity index (χ3v) is 5.84. The molecule has 3 N–H and O–H groups in total. The van der Waals surface area contributed by atoms with Crippen LogP contribution in [-0.2, 0) is 4.74 Å². The number of rotatable bonds is 6. The first-order valence-electron chi connectivity index (χ1n) is 9.30. The Labute approximate surface area is 184 Å². The highest BCUT2D eigenvalue weighted by Crippen LogP contribution is 2.33. The van der Waals surface area contributed by atoms with Gasteiger partial charge in [-0.2, -0.15) is 0 Å². The number of ether oxygens (including phenoxy) is 1. The Morgan fingerprint density at radius 1 is 1.17 bits per heavy atom. The van der Waals surface area contributed by atoms with Gasteiger partial charge in [0.2, 0.25) is 0 Å². The van der Waals surface area contributed by atoms with Crippen LogP contribution in [0.5, 0.6) is 0 Å². The topological polar surface area (TPSA) is 99.1 Å². The van der Waals surface area contributed by atoms with Gasteiger partial charge in [0.15, 0.2) is 0 Å². The van der Waals surface area contributed by atoms with Crippen LogP contribution in [0.1, 0.15) is 27.6 Å². The molecule has 0 aliphatic carbocycles. The maximum absolute atomic E-state index is 12.4. The highest BCUT2D eigenvalue weighted by Gasteiger charge is 2.47. The van der Waals surface area contributed by atoms with Gasteiger partial charge in [-0.05, 0) is 30.3 Å². The Morgan fingerprint density at radius 2 is 1.87 bits per heavy atom. The first-order chi connectivity index (χ1) is 14.2. The summed E-state index contributed by atoms with van der Waals surface area (Å²) < 4.78 is 5.64. The Balaban J connectivity index is 1.57. The van der Waals surface area contributed by atoms with Gasteiger partial charge in [0, 0.05) is 23.1 Å². The zero-order valence-corrected chi connectivity index (χ0v) is 17.7. The van der Waals surface area contributed by atoms with E-state index >= 15 is 0 Å². The summed E-state index contributed by atoms with van der Waals surface area (Å²) in [7, 11) is 0. The molecule has 1 aliphatic rings. The summed E-state index contributed by atoms with van der Waals surface area (Å²) in [5, 5.41) is 24.8. The summed E-state index contributed by atoms with van der Waals surface area (Å²) in [5.41, 5.74) is -0.241. The third kappa shape index (κ3) is 4.94. The van der Waals surface area contributed by atoms with Gasteiger partial charge in [-0.15, -0.1) is 0 Å². The lowest BCUT2D eigenvalue weighted by atomic mass is 9.84. The second kappa shape index (κ2) is 9.32. The lowest BCUT2D eigenvalue weighted by molar-refractivity contribution is -0.0940. The van der Waals surface area contributed by atoms with Crippen molar-refractivity contribution < 1.29 is 24.6 Å². The molecule has 1 fully saturated rings. The summed E-state index contributed by atoms with van der Waals surface area (Å²) >= 11 is 11.8. The van der Waals surface area contributed by atoms with Crippen LogP contribution in [0.3, 0.4) is 0 Å². The summed E-state index contributed by atoms with van der Waals surface area (Å²) in [6.07, 6.45) is -1.70. The minimum atomic E-state index is -1.01. The van der Waals surface area contributed by atoms with Gasteiger partial charge in [-0.1, -0.05) is 48.3 Å². The van der Waals surface area contributed by atoms with E-state index in [1.165, 1.54) is 12.1 Å². The van der Waals surface area contributed by atoms with Gasteiger partial charge in [0.1, 0.15) is 6.10 Å². The number of hydrogen-bond acceptors (Lipinski definition) is 5. The van der Waals surface area contributed by atoms with E-state index in [1.54, 1.807) is 43.3 Å². The predicted octanol–water partition coefficient (Wildman–Crippen LogP) is 3.02. The maximum atomic E-state index is 12.4. The van der Waals surface area contributed by atoms with Crippen molar-refractivity contribution >= 4 is 35.0 Å². The Kier molecular flexibility index (Phi) is 7.00. The van der Waals surface area contributed by atoms with E-state index in [9.17, 15) is 19.9 Å². The molecule has 1 aliphatic heterocycles. The number of hydroxylamine groups is 2. The maximum Gasteiger partial charge on any atom is 0.277 e. The molecule has 9 heteroatoms. The van der Waals surface area contributed by atoms with Crippen molar-refractivity contribution in [1.82, 2.24) is 10.4 Å². The van der Waals surface area contributed by atoms with Gasteiger partial charge in [0.05, 0.1) is 29.3 Å². The quantitative estimate of drug-likeness (QED) is 0.462. The molecule has 3 rings (SSSR count). The number of nitrogens with zero attached hydrogens (tertiary/aromatic N) is 1. The predicted molar refractivity (Wildman–Crippen MR) is 112 cm³/mol. The molecular formula is C21H22Cl2N2O5. The van der Waals surface area contributed by atoms with Crippen molar-refractivity contribution in [3.05, 3.63) is 69.7 Å². The molecule has 1 heterocycles. The molecular weight excluding hydrogens is 431 g/mol. The molecule has 0 bridgehead atoms. The van der Waals surface area contributed by atoms with Crippen molar-refractivity contribution in [2.45, 2.75) is 19.1 Å². The lowest BCUT2D eigenvalue weighted by Crippen LogP contribution is -2.47. The van der Waals surface area contributed by atoms with Gasteiger partial charge in [-0.25, -0.2) is 5.06 Å². The fourth-order valence-corrected chi connectivity index (χ4v) is 3.61. The SMILES string of the molecule is C[C@@]1(CN(O)C(=O)c2ccccc2)CO[C@H](CNC(=O)c2ccc(Cl)c(Cl)c2)[C@H]1O. The molecule has 2 aromatic carbocycles.